The zero-order valence-electron chi connectivity index (χ0n) is 10.4. The zero-order valence-corrected chi connectivity index (χ0v) is 10.4. The Morgan fingerprint density at radius 3 is 2.82 bits per heavy atom. The first-order chi connectivity index (χ1) is 7.94. The lowest BCUT2D eigenvalue weighted by Crippen LogP contribution is -2.39. The maximum Gasteiger partial charge on any atom is 0.343 e. The predicted octanol–water partition coefficient (Wildman–Crippen LogP) is 1.37. The van der Waals surface area contributed by atoms with Crippen LogP contribution in [0.15, 0.2) is 18.3 Å². The first-order valence-electron chi connectivity index (χ1n) is 5.48. The zero-order chi connectivity index (χ0) is 12.9. The van der Waals surface area contributed by atoms with Crippen LogP contribution in [0.3, 0.4) is 0 Å². The monoisotopic (exact) mass is 238 g/mol. The molecule has 1 aromatic rings. The van der Waals surface area contributed by atoms with E-state index >= 15 is 0 Å². The summed E-state index contributed by atoms with van der Waals surface area (Å²) in [7, 11) is 0. The number of esters is 1. The summed E-state index contributed by atoms with van der Waals surface area (Å²) in [6.45, 7) is 6.00. The van der Waals surface area contributed by atoms with E-state index in [0.29, 0.717) is 12.2 Å². The highest BCUT2D eigenvalue weighted by Gasteiger charge is 2.17. The lowest BCUT2D eigenvalue weighted by molar-refractivity contribution is 0.0519. The molecule has 0 bridgehead atoms. The molecule has 94 valence electrons. The van der Waals surface area contributed by atoms with Crippen LogP contribution >= 0.6 is 0 Å². The maximum atomic E-state index is 11.6. The van der Waals surface area contributed by atoms with Gasteiger partial charge in [-0.05, 0) is 32.9 Å². The molecule has 0 saturated heterocycles. The second-order valence-electron chi connectivity index (χ2n) is 4.35. The second kappa shape index (κ2) is 5.63. The van der Waals surface area contributed by atoms with Crippen LogP contribution in [0, 0.1) is 0 Å². The standard InChI is InChI=1S/C12H18N2O3/c1-4-16-11(15)9-6-5-7-14-10(9)17-8-12(2,3)13/h5-7H,4,8,13H2,1-3H3. The smallest absolute Gasteiger partial charge is 0.343 e. The Kier molecular flexibility index (Phi) is 4.45. The summed E-state index contributed by atoms with van der Waals surface area (Å²) in [5.74, 6) is -0.185. The Balaban J connectivity index is 2.81. The summed E-state index contributed by atoms with van der Waals surface area (Å²) >= 11 is 0. The van der Waals surface area contributed by atoms with Crippen molar-refractivity contribution < 1.29 is 14.3 Å². The van der Waals surface area contributed by atoms with Crippen molar-refractivity contribution in [1.82, 2.24) is 4.98 Å². The molecule has 0 aromatic carbocycles. The number of hydrogen-bond acceptors (Lipinski definition) is 5. The molecule has 0 aliphatic rings. The third-order valence-electron chi connectivity index (χ3n) is 1.85. The van der Waals surface area contributed by atoms with Crippen molar-refractivity contribution in [2.45, 2.75) is 26.3 Å². The Morgan fingerprint density at radius 1 is 1.53 bits per heavy atom. The van der Waals surface area contributed by atoms with Crippen LogP contribution in [0.25, 0.3) is 0 Å². The summed E-state index contributed by atoms with van der Waals surface area (Å²) in [5.41, 5.74) is 5.63. The number of carbonyl (C=O) groups excluding carboxylic acids is 1. The van der Waals surface area contributed by atoms with Crippen LogP contribution in [-0.2, 0) is 4.74 Å². The Labute approximate surface area is 101 Å². The van der Waals surface area contributed by atoms with Gasteiger partial charge in [0, 0.05) is 11.7 Å². The number of ether oxygens (including phenoxy) is 2. The second-order valence-corrected chi connectivity index (χ2v) is 4.35. The van der Waals surface area contributed by atoms with Gasteiger partial charge in [-0.2, -0.15) is 0 Å². The van der Waals surface area contributed by atoms with Gasteiger partial charge in [-0.3, -0.25) is 0 Å². The van der Waals surface area contributed by atoms with Gasteiger partial charge in [0.1, 0.15) is 12.2 Å². The third kappa shape index (κ3) is 4.40. The van der Waals surface area contributed by atoms with E-state index in [9.17, 15) is 4.79 Å². The van der Waals surface area contributed by atoms with Gasteiger partial charge in [-0.15, -0.1) is 0 Å². The number of rotatable bonds is 5. The van der Waals surface area contributed by atoms with E-state index in [1.54, 1.807) is 25.3 Å². The summed E-state index contributed by atoms with van der Waals surface area (Å²) in [4.78, 5) is 15.6. The molecule has 0 aliphatic carbocycles. The highest BCUT2D eigenvalue weighted by Crippen LogP contribution is 2.16. The number of aromatic nitrogens is 1. The van der Waals surface area contributed by atoms with Crippen LogP contribution in [0.2, 0.25) is 0 Å². The predicted molar refractivity (Wildman–Crippen MR) is 64.0 cm³/mol. The molecule has 0 spiro atoms. The van der Waals surface area contributed by atoms with E-state index in [1.165, 1.54) is 0 Å². The van der Waals surface area contributed by atoms with Crippen LogP contribution in [0.5, 0.6) is 5.88 Å². The van der Waals surface area contributed by atoms with Gasteiger partial charge in [-0.1, -0.05) is 0 Å². The third-order valence-corrected chi connectivity index (χ3v) is 1.85. The Hall–Kier alpha value is -1.62. The number of hydrogen-bond donors (Lipinski definition) is 1. The molecule has 0 atom stereocenters. The lowest BCUT2D eigenvalue weighted by atomic mass is 10.1. The van der Waals surface area contributed by atoms with Crippen molar-refractivity contribution in [2.24, 2.45) is 5.73 Å². The van der Waals surface area contributed by atoms with Gasteiger partial charge in [0.15, 0.2) is 0 Å². The normalized spacial score (nSPS) is 11.1. The molecule has 5 nitrogen and oxygen atoms in total. The van der Waals surface area contributed by atoms with Crippen molar-refractivity contribution in [2.75, 3.05) is 13.2 Å². The molecule has 0 aliphatic heterocycles. The molecule has 0 amide bonds. The fraction of sp³-hybridized carbons (Fsp3) is 0.500. The van der Waals surface area contributed by atoms with Crippen molar-refractivity contribution in [1.29, 1.82) is 0 Å². The van der Waals surface area contributed by atoms with E-state index in [1.807, 2.05) is 13.8 Å². The molecule has 1 heterocycles. The molecule has 1 aromatic heterocycles. The van der Waals surface area contributed by atoms with E-state index in [4.69, 9.17) is 15.2 Å². The van der Waals surface area contributed by atoms with Crippen molar-refractivity contribution in [3.05, 3.63) is 23.9 Å². The summed E-state index contributed by atoms with van der Waals surface area (Å²) in [6, 6.07) is 3.27. The van der Waals surface area contributed by atoms with Crippen LogP contribution in [0.1, 0.15) is 31.1 Å². The quantitative estimate of drug-likeness (QED) is 0.784. The molecule has 0 unspecified atom stereocenters. The van der Waals surface area contributed by atoms with E-state index in [0.717, 1.165) is 0 Å². The minimum Gasteiger partial charge on any atom is -0.475 e. The fourth-order valence-electron chi connectivity index (χ4n) is 1.12. The SMILES string of the molecule is CCOC(=O)c1cccnc1OCC(C)(C)N. The van der Waals surface area contributed by atoms with Crippen LogP contribution in [-0.4, -0.2) is 29.7 Å². The van der Waals surface area contributed by atoms with Crippen molar-refractivity contribution >= 4 is 5.97 Å². The Bertz CT molecular complexity index is 386. The maximum absolute atomic E-state index is 11.6. The molecule has 0 fully saturated rings. The minimum absolute atomic E-state index is 0.254. The van der Waals surface area contributed by atoms with Crippen molar-refractivity contribution in [3.8, 4) is 5.88 Å². The summed E-state index contributed by atoms with van der Waals surface area (Å²) < 4.78 is 10.3. The molecule has 0 radical (unpaired) electrons. The van der Waals surface area contributed by atoms with Gasteiger partial charge < -0.3 is 15.2 Å². The number of carbonyl (C=O) groups is 1. The first kappa shape index (κ1) is 13.4. The number of pyridine rings is 1. The van der Waals surface area contributed by atoms with Crippen LogP contribution in [0.4, 0.5) is 0 Å². The molecule has 17 heavy (non-hydrogen) atoms. The van der Waals surface area contributed by atoms with E-state index in [2.05, 4.69) is 4.98 Å². The Morgan fingerprint density at radius 2 is 2.24 bits per heavy atom. The van der Waals surface area contributed by atoms with Gasteiger partial charge in [0.2, 0.25) is 5.88 Å². The largest absolute Gasteiger partial charge is 0.475 e. The average Bonchev–Trinajstić information content (AvgIpc) is 2.26. The fourth-order valence-corrected chi connectivity index (χ4v) is 1.12. The van der Waals surface area contributed by atoms with Crippen molar-refractivity contribution in [3.63, 3.8) is 0 Å². The molecular weight excluding hydrogens is 220 g/mol. The average molecular weight is 238 g/mol. The topological polar surface area (TPSA) is 74.4 Å². The molecule has 2 N–H and O–H groups in total. The molecule has 0 saturated carbocycles. The molecule has 5 heteroatoms. The highest BCUT2D eigenvalue weighted by molar-refractivity contribution is 5.91. The first-order valence-corrected chi connectivity index (χ1v) is 5.48. The molecular formula is C12H18N2O3. The highest BCUT2D eigenvalue weighted by atomic mass is 16.5. The lowest BCUT2D eigenvalue weighted by Gasteiger charge is -2.19. The minimum atomic E-state index is -0.483. The number of nitrogens with zero attached hydrogens (tertiary/aromatic N) is 1. The van der Waals surface area contributed by atoms with Crippen LogP contribution < -0.4 is 10.5 Å². The van der Waals surface area contributed by atoms with Gasteiger partial charge in [0.05, 0.1) is 6.61 Å². The van der Waals surface area contributed by atoms with Gasteiger partial charge in [0.25, 0.3) is 0 Å². The number of nitrogens with two attached hydrogens (primary N) is 1. The van der Waals surface area contributed by atoms with Gasteiger partial charge >= 0.3 is 5.97 Å². The summed E-state index contributed by atoms with van der Waals surface area (Å²) in [6.07, 6.45) is 1.56. The summed E-state index contributed by atoms with van der Waals surface area (Å²) in [5, 5.41) is 0. The van der Waals surface area contributed by atoms with Gasteiger partial charge in [-0.25, -0.2) is 9.78 Å². The van der Waals surface area contributed by atoms with E-state index < -0.39 is 11.5 Å². The van der Waals surface area contributed by atoms with E-state index in [-0.39, 0.29) is 12.5 Å². The molecule has 1 rings (SSSR count).